The highest BCUT2D eigenvalue weighted by atomic mass is 35.5. The molecule has 1 aliphatic heterocycles. The third-order valence-electron chi connectivity index (χ3n) is 5.16. The minimum Gasteiger partial charge on any atom is -0.507 e. The van der Waals surface area contributed by atoms with Crippen molar-refractivity contribution in [2.45, 2.75) is 39.3 Å². The Morgan fingerprint density at radius 2 is 1.75 bits per heavy atom. The zero-order valence-electron chi connectivity index (χ0n) is 18.5. The Bertz CT molecular complexity index is 982. The van der Waals surface area contributed by atoms with Crippen LogP contribution in [0, 0.1) is 0 Å². The second kappa shape index (κ2) is 10.7. The molecule has 1 N–H and O–H groups in total. The van der Waals surface area contributed by atoms with Crippen LogP contribution in [-0.4, -0.2) is 47.6 Å². The fourth-order valence-electron chi connectivity index (χ4n) is 3.69. The van der Waals surface area contributed by atoms with Gasteiger partial charge in [0.25, 0.3) is 11.7 Å². The highest BCUT2D eigenvalue weighted by Crippen LogP contribution is 2.39. The first kappa shape index (κ1) is 23.8. The Kier molecular flexibility index (Phi) is 7.94. The van der Waals surface area contributed by atoms with E-state index >= 15 is 0 Å². The third-order valence-corrected chi connectivity index (χ3v) is 5.41. The van der Waals surface area contributed by atoms with Gasteiger partial charge in [0.1, 0.15) is 11.5 Å². The van der Waals surface area contributed by atoms with Crippen LogP contribution < -0.4 is 4.74 Å². The maximum Gasteiger partial charge on any atom is 0.295 e. The van der Waals surface area contributed by atoms with E-state index in [-0.39, 0.29) is 17.4 Å². The van der Waals surface area contributed by atoms with Crippen LogP contribution >= 0.6 is 11.6 Å². The Labute approximate surface area is 193 Å². The van der Waals surface area contributed by atoms with Gasteiger partial charge < -0.3 is 19.5 Å². The van der Waals surface area contributed by atoms with Crippen molar-refractivity contribution < 1.29 is 24.2 Å². The largest absolute Gasteiger partial charge is 0.507 e. The smallest absolute Gasteiger partial charge is 0.295 e. The number of rotatable bonds is 9. The summed E-state index contributed by atoms with van der Waals surface area (Å²) < 4.78 is 11.0. The van der Waals surface area contributed by atoms with E-state index in [2.05, 4.69) is 0 Å². The lowest BCUT2D eigenvalue weighted by Gasteiger charge is -2.25. The molecule has 2 aromatic carbocycles. The van der Waals surface area contributed by atoms with Crippen LogP contribution in [0.15, 0.2) is 54.1 Å². The molecule has 32 heavy (non-hydrogen) atoms. The molecule has 2 aromatic rings. The van der Waals surface area contributed by atoms with Crippen molar-refractivity contribution in [2.24, 2.45) is 0 Å². The summed E-state index contributed by atoms with van der Waals surface area (Å²) in [5.41, 5.74) is 1.20. The molecule has 1 amide bonds. The molecule has 0 saturated carbocycles. The van der Waals surface area contributed by atoms with Crippen molar-refractivity contribution in [1.29, 1.82) is 0 Å². The number of ether oxygens (including phenoxy) is 2. The van der Waals surface area contributed by atoms with Crippen molar-refractivity contribution in [3.05, 3.63) is 70.3 Å². The molecule has 7 heteroatoms. The summed E-state index contributed by atoms with van der Waals surface area (Å²) in [7, 11) is 0. The SMILES string of the molecule is CCOc1ccc(C(O)=C2C(=O)C(=O)N(CCCOC(C)C)[C@H]2c2ccc(Cl)cc2)cc1. The summed E-state index contributed by atoms with van der Waals surface area (Å²) in [5.74, 6) is -0.903. The van der Waals surface area contributed by atoms with Crippen LogP contribution in [0.1, 0.15) is 44.4 Å². The van der Waals surface area contributed by atoms with Crippen molar-refractivity contribution in [3.63, 3.8) is 0 Å². The number of aliphatic hydroxyl groups excluding tert-OH is 1. The van der Waals surface area contributed by atoms with Gasteiger partial charge in [0.15, 0.2) is 0 Å². The average molecular weight is 458 g/mol. The van der Waals surface area contributed by atoms with Crippen molar-refractivity contribution in [3.8, 4) is 5.75 Å². The van der Waals surface area contributed by atoms with Gasteiger partial charge in [-0.2, -0.15) is 0 Å². The minimum atomic E-state index is -0.710. The standard InChI is InChI=1S/C25H28ClNO5/c1-4-31-20-12-8-18(9-13-20)23(28)21-22(17-6-10-19(26)11-7-17)27(25(30)24(21)29)14-5-15-32-16(2)3/h6-13,16,22,28H,4-5,14-15H2,1-3H3/t22-/m0/s1. The molecule has 1 saturated heterocycles. The number of aliphatic hydroxyl groups is 1. The van der Waals surface area contributed by atoms with E-state index in [1.165, 1.54) is 4.90 Å². The Morgan fingerprint density at radius 3 is 2.34 bits per heavy atom. The Balaban J connectivity index is 1.99. The van der Waals surface area contributed by atoms with Crippen LogP contribution in [0.2, 0.25) is 5.02 Å². The van der Waals surface area contributed by atoms with E-state index in [0.717, 1.165) is 0 Å². The number of likely N-dealkylation sites (tertiary alicyclic amines) is 1. The van der Waals surface area contributed by atoms with Crippen molar-refractivity contribution in [2.75, 3.05) is 19.8 Å². The highest BCUT2D eigenvalue weighted by Gasteiger charge is 2.45. The molecule has 6 nitrogen and oxygen atoms in total. The fraction of sp³-hybridized carbons (Fsp3) is 0.360. The lowest BCUT2D eigenvalue weighted by atomic mass is 9.95. The zero-order valence-corrected chi connectivity index (χ0v) is 19.3. The normalized spacial score (nSPS) is 17.9. The molecule has 0 unspecified atom stereocenters. The van der Waals surface area contributed by atoms with E-state index in [9.17, 15) is 14.7 Å². The Hall–Kier alpha value is -2.83. The van der Waals surface area contributed by atoms with E-state index in [4.69, 9.17) is 21.1 Å². The fourth-order valence-corrected chi connectivity index (χ4v) is 3.81. The van der Waals surface area contributed by atoms with Gasteiger partial charge in [-0.05, 0) is 69.2 Å². The van der Waals surface area contributed by atoms with Gasteiger partial charge in [-0.1, -0.05) is 23.7 Å². The predicted octanol–water partition coefficient (Wildman–Crippen LogP) is 4.98. The van der Waals surface area contributed by atoms with Gasteiger partial charge >= 0.3 is 0 Å². The second-order valence-corrected chi connectivity index (χ2v) is 8.21. The van der Waals surface area contributed by atoms with Gasteiger partial charge in [-0.3, -0.25) is 9.59 Å². The number of Topliss-reactive ketones (excluding diaryl/α,β-unsaturated/α-hetero) is 1. The van der Waals surface area contributed by atoms with E-state index < -0.39 is 17.7 Å². The number of benzene rings is 2. The lowest BCUT2D eigenvalue weighted by molar-refractivity contribution is -0.140. The average Bonchev–Trinajstić information content (AvgIpc) is 3.02. The molecular weight excluding hydrogens is 430 g/mol. The molecule has 0 bridgehead atoms. The lowest BCUT2D eigenvalue weighted by Crippen LogP contribution is -2.31. The summed E-state index contributed by atoms with van der Waals surface area (Å²) in [4.78, 5) is 27.4. The first-order chi connectivity index (χ1) is 15.3. The van der Waals surface area contributed by atoms with Crippen molar-refractivity contribution in [1.82, 2.24) is 4.90 Å². The van der Waals surface area contributed by atoms with Gasteiger partial charge in [-0.25, -0.2) is 0 Å². The summed E-state index contributed by atoms with van der Waals surface area (Å²) in [6.07, 6.45) is 0.649. The first-order valence-electron chi connectivity index (χ1n) is 10.7. The number of nitrogens with zero attached hydrogens (tertiary/aromatic N) is 1. The number of ketones is 1. The molecule has 1 aliphatic rings. The summed E-state index contributed by atoms with van der Waals surface area (Å²) >= 11 is 6.04. The summed E-state index contributed by atoms with van der Waals surface area (Å²) in [6, 6.07) is 13.0. The maximum absolute atomic E-state index is 13.0. The number of hydrogen-bond donors (Lipinski definition) is 1. The molecule has 1 heterocycles. The number of carbonyl (C=O) groups is 2. The van der Waals surface area contributed by atoms with Crippen LogP contribution in [0.3, 0.4) is 0 Å². The van der Waals surface area contributed by atoms with Gasteiger partial charge in [0.05, 0.1) is 24.3 Å². The maximum atomic E-state index is 13.0. The van der Waals surface area contributed by atoms with Gasteiger partial charge in [0, 0.05) is 23.7 Å². The Morgan fingerprint density at radius 1 is 1.09 bits per heavy atom. The minimum absolute atomic E-state index is 0.0614. The molecule has 0 spiro atoms. The molecule has 0 radical (unpaired) electrons. The quantitative estimate of drug-likeness (QED) is 0.249. The van der Waals surface area contributed by atoms with Crippen LogP contribution in [0.5, 0.6) is 5.75 Å². The van der Waals surface area contributed by atoms with E-state index in [1.54, 1.807) is 48.5 Å². The molecule has 3 rings (SSSR count). The molecule has 1 atom stereocenters. The summed E-state index contributed by atoms with van der Waals surface area (Å²) in [5, 5.41) is 11.6. The van der Waals surface area contributed by atoms with Crippen LogP contribution in [0.4, 0.5) is 0 Å². The van der Waals surface area contributed by atoms with Crippen LogP contribution in [-0.2, 0) is 14.3 Å². The van der Waals surface area contributed by atoms with Crippen molar-refractivity contribution >= 4 is 29.1 Å². The van der Waals surface area contributed by atoms with Gasteiger partial charge in [-0.15, -0.1) is 0 Å². The molecular formula is C25H28ClNO5. The number of amides is 1. The molecule has 0 aliphatic carbocycles. The molecule has 170 valence electrons. The third kappa shape index (κ3) is 5.31. The van der Waals surface area contributed by atoms with E-state index in [0.29, 0.717) is 48.1 Å². The summed E-state index contributed by atoms with van der Waals surface area (Å²) in [6.45, 7) is 7.08. The monoisotopic (exact) mass is 457 g/mol. The number of carbonyl (C=O) groups excluding carboxylic acids is 2. The second-order valence-electron chi connectivity index (χ2n) is 7.77. The highest BCUT2D eigenvalue weighted by molar-refractivity contribution is 6.46. The zero-order chi connectivity index (χ0) is 23.3. The number of halogens is 1. The number of hydrogen-bond acceptors (Lipinski definition) is 5. The first-order valence-corrected chi connectivity index (χ1v) is 11.1. The van der Waals surface area contributed by atoms with Gasteiger partial charge in [0.2, 0.25) is 0 Å². The van der Waals surface area contributed by atoms with Crippen LogP contribution in [0.25, 0.3) is 5.76 Å². The molecule has 0 aromatic heterocycles. The topological polar surface area (TPSA) is 76.1 Å². The molecule has 1 fully saturated rings. The van der Waals surface area contributed by atoms with E-state index in [1.807, 2.05) is 20.8 Å². The predicted molar refractivity (Wildman–Crippen MR) is 124 cm³/mol.